The van der Waals surface area contributed by atoms with E-state index in [1.807, 2.05) is 36.0 Å². The van der Waals surface area contributed by atoms with E-state index in [1.54, 1.807) is 0 Å². The molecule has 1 aliphatic heterocycles. The van der Waals surface area contributed by atoms with E-state index in [-0.39, 0.29) is 0 Å². The van der Waals surface area contributed by atoms with Crippen molar-refractivity contribution >= 4 is 34.5 Å². The maximum Gasteiger partial charge on any atom is 0.0904 e. The second-order valence-corrected chi connectivity index (χ2v) is 4.86. The third kappa shape index (κ3) is 3.40. The van der Waals surface area contributed by atoms with Crippen molar-refractivity contribution in [3.05, 3.63) is 40.9 Å². The lowest BCUT2D eigenvalue weighted by Gasteiger charge is -2.06. The van der Waals surface area contributed by atoms with Crippen LogP contribution in [0.5, 0.6) is 0 Å². The zero-order valence-electron chi connectivity index (χ0n) is 8.32. The van der Waals surface area contributed by atoms with E-state index in [9.17, 15) is 0 Å². The van der Waals surface area contributed by atoms with Crippen molar-refractivity contribution in [1.82, 2.24) is 0 Å². The first-order valence-electron chi connectivity index (χ1n) is 4.95. The van der Waals surface area contributed by atoms with Crippen LogP contribution in [0.4, 0.5) is 0 Å². The molecule has 0 amide bonds. The number of halogens is 1. The van der Waals surface area contributed by atoms with Crippen LogP contribution < -0.4 is 0 Å². The van der Waals surface area contributed by atoms with E-state index in [0.717, 1.165) is 22.2 Å². The lowest BCUT2D eigenvalue weighted by Crippen LogP contribution is -2.00. The van der Waals surface area contributed by atoms with Crippen molar-refractivity contribution < 1.29 is 0 Å². The third-order valence-corrected chi connectivity index (χ3v) is 3.38. The van der Waals surface area contributed by atoms with Crippen LogP contribution in [-0.2, 0) is 0 Å². The number of hydrogen-bond donors (Lipinski definition) is 0. The van der Waals surface area contributed by atoms with Crippen molar-refractivity contribution in [2.45, 2.75) is 6.42 Å². The van der Waals surface area contributed by atoms with E-state index >= 15 is 0 Å². The molecule has 0 spiro atoms. The standard InChI is InChI=1S/C12H12ClNS/c13-11-4-1-3-10(9-11)5-6-12-14-7-2-8-15-12/h1,3-6,9H,2,7-8H2. The van der Waals surface area contributed by atoms with Gasteiger partial charge in [-0.05, 0) is 30.2 Å². The smallest absolute Gasteiger partial charge is 0.0904 e. The number of thioether (sulfide) groups is 1. The Kier molecular flexibility index (Phi) is 3.87. The van der Waals surface area contributed by atoms with Crippen molar-refractivity contribution in [3.63, 3.8) is 0 Å². The normalized spacial score (nSPS) is 16.7. The number of benzene rings is 1. The fraction of sp³-hybridized carbons (Fsp3) is 0.250. The molecule has 0 atom stereocenters. The fourth-order valence-electron chi connectivity index (χ4n) is 1.35. The van der Waals surface area contributed by atoms with Gasteiger partial charge in [-0.3, -0.25) is 4.99 Å². The molecule has 0 saturated carbocycles. The number of nitrogens with zero attached hydrogens (tertiary/aromatic N) is 1. The first kappa shape index (κ1) is 10.8. The molecule has 0 bridgehead atoms. The molecule has 0 unspecified atom stereocenters. The summed E-state index contributed by atoms with van der Waals surface area (Å²) in [4.78, 5) is 4.43. The predicted molar refractivity (Wildman–Crippen MR) is 69.9 cm³/mol. The summed E-state index contributed by atoms with van der Waals surface area (Å²) < 4.78 is 0. The predicted octanol–water partition coefficient (Wildman–Crippen LogP) is 3.89. The van der Waals surface area contributed by atoms with E-state index in [2.05, 4.69) is 17.1 Å². The van der Waals surface area contributed by atoms with Gasteiger partial charge in [0.25, 0.3) is 0 Å². The quantitative estimate of drug-likeness (QED) is 0.760. The SMILES string of the molecule is Clc1cccc(C=CC2=NCCCS2)c1. The van der Waals surface area contributed by atoms with E-state index in [4.69, 9.17) is 11.6 Å². The van der Waals surface area contributed by atoms with Crippen LogP contribution in [0.1, 0.15) is 12.0 Å². The van der Waals surface area contributed by atoms with Crippen LogP contribution in [0.15, 0.2) is 35.3 Å². The van der Waals surface area contributed by atoms with Crippen molar-refractivity contribution in [2.75, 3.05) is 12.3 Å². The molecule has 0 radical (unpaired) electrons. The molecule has 1 aromatic rings. The van der Waals surface area contributed by atoms with Crippen LogP contribution in [0.3, 0.4) is 0 Å². The van der Waals surface area contributed by atoms with Crippen LogP contribution in [0.25, 0.3) is 6.08 Å². The van der Waals surface area contributed by atoms with Gasteiger partial charge in [-0.1, -0.05) is 29.8 Å². The second kappa shape index (κ2) is 5.38. The molecule has 78 valence electrons. The highest BCUT2D eigenvalue weighted by atomic mass is 35.5. The third-order valence-electron chi connectivity index (χ3n) is 2.09. The van der Waals surface area contributed by atoms with Gasteiger partial charge >= 0.3 is 0 Å². The Morgan fingerprint density at radius 3 is 3.00 bits per heavy atom. The van der Waals surface area contributed by atoms with Gasteiger partial charge in [-0.15, -0.1) is 11.8 Å². The topological polar surface area (TPSA) is 12.4 Å². The molecule has 0 fully saturated rings. The van der Waals surface area contributed by atoms with Gasteiger partial charge in [0.1, 0.15) is 0 Å². The average Bonchev–Trinajstić information content (AvgIpc) is 2.28. The van der Waals surface area contributed by atoms with Crippen molar-refractivity contribution in [1.29, 1.82) is 0 Å². The zero-order valence-corrected chi connectivity index (χ0v) is 9.89. The average molecular weight is 238 g/mol. The second-order valence-electron chi connectivity index (χ2n) is 3.31. The van der Waals surface area contributed by atoms with E-state index < -0.39 is 0 Å². The first-order valence-corrected chi connectivity index (χ1v) is 6.32. The first-order chi connectivity index (χ1) is 7.34. The molecule has 2 rings (SSSR count). The fourth-order valence-corrected chi connectivity index (χ4v) is 2.38. The Bertz CT molecular complexity index is 398. The zero-order chi connectivity index (χ0) is 10.5. The van der Waals surface area contributed by atoms with Crippen LogP contribution in [0.2, 0.25) is 5.02 Å². The van der Waals surface area contributed by atoms with Gasteiger partial charge in [0, 0.05) is 17.3 Å². The number of rotatable bonds is 2. The van der Waals surface area contributed by atoms with Gasteiger partial charge in [0.15, 0.2) is 0 Å². The molecule has 1 nitrogen and oxygen atoms in total. The summed E-state index contributed by atoms with van der Waals surface area (Å²) in [6.45, 7) is 0.961. The summed E-state index contributed by atoms with van der Waals surface area (Å²) >= 11 is 7.71. The molecular formula is C12H12ClNS. The molecular weight excluding hydrogens is 226 g/mol. The summed E-state index contributed by atoms with van der Waals surface area (Å²) in [6.07, 6.45) is 5.32. The van der Waals surface area contributed by atoms with Crippen LogP contribution in [0, 0.1) is 0 Å². The minimum atomic E-state index is 0.774. The number of aliphatic imine (C=N–C) groups is 1. The molecule has 0 N–H and O–H groups in total. The van der Waals surface area contributed by atoms with E-state index in [0.29, 0.717) is 0 Å². The minimum absolute atomic E-state index is 0.774. The van der Waals surface area contributed by atoms with Crippen LogP contribution in [-0.4, -0.2) is 17.3 Å². The Morgan fingerprint density at radius 2 is 2.27 bits per heavy atom. The molecule has 0 aliphatic carbocycles. The summed E-state index contributed by atoms with van der Waals surface area (Å²) in [5.41, 5.74) is 1.12. The summed E-state index contributed by atoms with van der Waals surface area (Å²) in [5, 5.41) is 1.90. The van der Waals surface area contributed by atoms with Gasteiger partial charge in [-0.25, -0.2) is 0 Å². The Morgan fingerprint density at radius 1 is 1.33 bits per heavy atom. The molecule has 1 heterocycles. The molecule has 15 heavy (non-hydrogen) atoms. The Hall–Kier alpha value is -0.730. The van der Waals surface area contributed by atoms with Gasteiger partial charge in [0.05, 0.1) is 5.04 Å². The van der Waals surface area contributed by atoms with Gasteiger partial charge < -0.3 is 0 Å². The Balaban J connectivity index is 2.07. The molecule has 0 saturated heterocycles. The van der Waals surface area contributed by atoms with Crippen molar-refractivity contribution in [3.8, 4) is 0 Å². The summed E-state index contributed by atoms with van der Waals surface area (Å²) in [7, 11) is 0. The maximum absolute atomic E-state index is 5.90. The molecule has 3 heteroatoms. The summed E-state index contributed by atoms with van der Waals surface area (Å²) in [5.74, 6) is 1.18. The lowest BCUT2D eigenvalue weighted by atomic mass is 10.2. The Labute approximate surface area is 99.2 Å². The highest BCUT2D eigenvalue weighted by Gasteiger charge is 2.01. The van der Waals surface area contributed by atoms with E-state index in [1.165, 1.54) is 12.2 Å². The summed E-state index contributed by atoms with van der Waals surface area (Å²) in [6, 6.07) is 7.83. The molecule has 0 aromatic heterocycles. The highest BCUT2D eigenvalue weighted by molar-refractivity contribution is 8.14. The largest absolute Gasteiger partial charge is 0.278 e. The number of hydrogen-bond acceptors (Lipinski definition) is 2. The monoisotopic (exact) mass is 237 g/mol. The molecule has 1 aliphatic rings. The maximum atomic E-state index is 5.90. The van der Waals surface area contributed by atoms with Gasteiger partial charge in [-0.2, -0.15) is 0 Å². The van der Waals surface area contributed by atoms with Crippen molar-refractivity contribution in [2.24, 2.45) is 4.99 Å². The highest BCUT2D eigenvalue weighted by Crippen LogP contribution is 2.16. The van der Waals surface area contributed by atoms with Gasteiger partial charge in [0.2, 0.25) is 0 Å². The minimum Gasteiger partial charge on any atom is -0.278 e. The lowest BCUT2D eigenvalue weighted by molar-refractivity contribution is 0.940. The molecule has 1 aromatic carbocycles. The van der Waals surface area contributed by atoms with Crippen LogP contribution >= 0.6 is 23.4 Å².